The van der Waals surface area contributed by atoms with Crippen molar-refractivity contribution < 1.29 is 9.47 Å². The average Bonchev–Trinajstić information content (AvgIpc) is 2.62. The molecular formula is C20H25N3O2. The van der Waals surface area contributed by atoms with E-state index < -0.39 is 0 Å². The molecule has 1 saturated heterocycles. The van der Waals surface area contributed by atoms with Crippen LogP contribution in [0.25, 0.3) is 10.8 Å². The fraction of sp³-hybridized carbons (Fsp3) is 0.350. The minimum absolute atomic E-state index is 0.398. The van der Waals surface area contributed by atoms with Crippen LogP contribution in [0.1, 0.15) is 6.92 Å². The highest BCUT2D eigenvalue weighted by molar-refractivity contribution is 5.96. The second-order valence-corrected chi connectivity index (χ2v) is 6.13. The van der Waals surface area contributed by atoms with Gasteiger partial charge in [0.1, 0.15) is 6.61 Å². The Bertz CT molecular complexity index is 764. The van der Waals surface area contributed by atoms with Crippen LogP contribution in [0.2, 0.25) is 0 Å². The van der Waals surface area contributed by atoms with Gasteiger partial charge in [0.25, 0.3) is 0 Å². The molecule has 1 fully saturated rings. The lowest BCUT2D eigenvalue weighted by molar-refractivity contribution is 0.0274. The van der Waals surface area contributed by atoms with E-state index in [-0.39, 0.29) is 0 Å². The highest BCUT2D eigenvalue weighted by Gasteiger charge is 2.09. The number of ether oxygens (including phenoxy) is 2. The van der Waals surface area contributed by atoms with Crippen LogP contribution in [-0.4, -0.2) is 50.1 Å². The lowest BCUT2D eigenvalue weighted by Gasteiger charge is -2.26. The fourth-order valence-electron chi connectivity index (χ4n) is 2.85. The molecule has 0 bridgehead atoms. The second kappa shape index (κ2) is 8.65. The third kappa shape index (κ3) is 5.31. The van der Waals surface area contributed by atoms with Gasteiger partial charge in [0.2, 0.25) is 0 Å². The van der Waals surface area contributed by atoms with Crippen molar-refractivity contribution in [3.8, 4) is 0 Å². The Kier molecular flexibility index (Phi) is 6.04. The number of allylic oxidation sites excluding steroid dienone is 1. The first-order valence-electron chi connectivity index (χ1n) is 8.65. The summed E-state index contributed by atoms with van der Waals surface area (Å²) in [7, 11) is 0. The van der Waals surface area contributed by atoms with Crippen LogP contribution in [0.4, 0.5) is 5.69 Å². The maximum absolute atomic E-state index is 5.95. The van der Waals surface area contributed by atoms with Gasteiger partial charge in [-0.1, -0.05) is 30.3 Å². The molecule has 25 heavy (non-hydrogen) atoms. The van der Waals surface area contributed by atoms with Crippen LogP contribution >= 0.6 is 0 Å². The zero-order valence-corrected chi connectivity index (χ0v) is 14.6. The smallest absolute Gasteiger partial charge is 0.185 e. The van der Waals surface area contributed by atoms with Gasteiger partial charge in [-0.3, -0.25) is 9.89 Å². The molecule has 1 aliphatic rings. The molecule has 2 N–H and O–H groups in total. The van der Waals surface area contributed by atoms with Crippen LogP contribution in [0.15, 0.2) is 59.4 Å². The summed E-state index contributed by atoms with van der Waals surface area (Å²) in [6.07, 6.45) is 1.77. The van der Waals surface area contributed by atoms with E-state index in [0.29, 0.717) is 12.5 Å². The Hall–Kier alpha value is -2.37. The number of morpholine rings is 1. The van der Waals surface area contributed by atoms with Crippen molar-refractivity contribution in [3.63, 3.8) is 0 Å². The molecule has 2 aromatic carbocycles. The van der Waals surface area contributed by atoms with Gasteiger partial charge in [-0.05, 0) is 29.8 Å². The number of benzene rings is 2. The molecule has 0 spiro atoms. The quantitative estimate of drug-likeness (QED) is 0.649. The third-order valence-electron chi connectivity index (χ3n) is 4.17. The van der Waals surface area contributed by atoms with Crippen LogP contribution < -0.4 is 5.73 Å². The van der Waals surface area contributed by atoms with Gasteiger partial charge in [-0.25, -0.2) is 0 Å². The summed E-state index contributed by atoms with van der Waals surface area (Å²) in [4.78, 5) is 6.91. The first kappa shape index (κ1) is 17.5. The maximum atomic E-state index is 5.95. The zero-order chi connectivity index (χ0) is 17.5. The summed E-state index contributed by atoms with van der Waals surface area (Å²) in [5, 5.41) is 2.39. The predicted octanol–water partition coefficient (Wildman–Crippen LogP) is 3.08. The van der Waals surface area contributed by atoms with Crippen LogP contribution in [-0.2, 0) is 9.47 Å². The number of nitrogens with zero attached hydrogens (tertiary/aromatic N) is 2. The van der Waals surface area contributed by atoms with Crippen molar-refractivity contribution in [3.05, 3.63) is 54.4 Å². The number of hydrogen-bond donors (Lipinski definition) is 1. The van der Waals surface area contributed by atoms with Crippen LogP contribution in [0.3, 0.4) is 0 Å². The molecule has 132 valence electrons. The van der Waals surface area contributed by atoms with E-state index in [0.717, 1.165) is 44.2 Å². The average molecular weight is 339 g/mol. The topological polar surface area (TPSA) is 60.1 Å². The molecule has 0 amide bonds. The standard InChI is InChI=1S/C20H25N3O2/c1-16(14-20(21)25-13-10-23-8-11-24-12-9-23)22-19-7-6-17-4-2-3-5-18(17)15-19/h2-7,14-15H,8-13,21H2,1H3/b20-14+,22-16?. The fourth-order valence-corrected chi connectivity index (χ4v) is 2.85. The lowest BCUT2D eigenvalue weighted by atomic mass is 10.1. The lowest BCUT2D eigenvalue weighted by Crippen LogP contribution is -2.38. The normalized spacial score (nSPS) is 17.0. The van der Waals surface area contributed by atoms with Gasteiger partial charge in [0.05, 0.1) is 18.9 Å². The first-order valence-corrected chi connectivity index (χ1v) is 8.65. The molecule has 0 saturated carbocycles. The van der Waals surface area contributed by atoms with Gasteiger partial charge in [0, 0.05) is 31.4 Å². The van der Waals surface area contributed by atoms with Crippen molar-refractivity contribution in [2.75, 3.05) is 39.5 Å². The molecule has 1 heterocycles. The maximum Gasteiger partial charge on any atom is 0.185 e. The molecule has 0 radical (unpaired) electrons. The highest BCUT2D eigenvalue weighted by atomic mass is 16.5. The Labute approximate surface area is 148 Å². The minimum Gasteiger partial charge on any atom is -0.478 e. The Balaban J connectivity index is 1.55. The minimum atomic E-state index is 0.398. The summed E-state index contributed by atoms with van der Waals surface area (Å²) < 4.78 is 10.9. The molecule has 3 rings (SSSR count). The molecule has 0 unspecified atom stereocenters. The summed E-state index contributed by atoms with van der Waals surface area (Å²) in [5.41, 5.74) is 7.68. The second-order valence-electron chi connectivity index (χ2n) is 6.13. The van der Waals surface area contributed by atoms with Crippen LogP contribution in [0.5, 0.6) is 0 Å². The molecule has 2 aromatic rings. The number of rotatable bonds is 6. The van der Waals surface area contributed by atoms with Gasteiger partial charge < -0.3 is 15.2 Å². The van der Waals surface area contributed by atoms with Gasteiger partial charge >= 0.3 is 0 Å². The zero-order valence-electron chi connectivity index (χ0n) is 14.6. The summed E-state index contributed by atoms with van der Waals surface area (Å²) in [6.45, 7) is 6.86. The Morgan fingerprint density at radius 1 is 1.20 bits per heavy atom. The molecule has 5 nitrogen and oxygen atoms in total. The molecule has 1 aliphatic heterocycles. The molecule has 0 atom stereocenters. The van der Waals surface area contributed by atoms with E-state index in [4.69, 9.17) is 15.2 Å². The third-order valence-corrected chi connectivity index (χ3v) is 4.17. The predicted molar refractivity (Wildman–Crippen MR) is 102 cm³/mol. The number of nitrogens with two attached hydrogens (primary N) is 1. The van der Waals surface area contributed by atoms with E-state index in [1.807, 2.05) is 25.1 Å². The van der Waals surface area contributed by atoms with Crippen molar-refractivity contribution in [1.29, 1.82) is 0 Å². The van der Waals surface area contributed by atoms with Crippen molar-refractivity contribution in [2.45, 2.75) is 6.92 Å². The Morgan fingerprint density at radius 2 is 1.96 bits per heavy atom. The van der Waals surface area contributed by atoms with Crippen molar-refractivity contribution in [2.24, 2.45) is 10.7 Å². The summed E-state index contributed by atoms with van der Waals surface area (Å²) >= 11 is 0. The van der Waals surface area contributed by atoms with E-state index in [9.17, 15) is 0 Å². The monoisotopic (exact) mass is 339 g/mol. The van der Waals surface area contributed by atoms with E-state index >= 15 is 0 Å². The molecule has 0 aromatic heterocycles. The number of fused-ring (bicyclic) bond motifs is 1. The largest absolute Gasteiger partial charge is 0.478 e. The molecule has 0 aliphatic carbocycles. The van der Waals surface area contributed by atoms with E-state index in [2.05, 4.69) is 34.2 Å². The first-order chi connectivity index (χ1) is 12.2. The highest BCUT2D eigenvalue weighted by Crippen LogP contribution is 2.21. The number of aliphatic imine (C=N–C) groups is 1. The van der Waals surface area contributed by atoms with E-state index in [1.54, 1.807) is 6.08 Å². The Morgan fingerprint density at radius 3 is 2.76 bits per heavy atom. The van der Waals surface area contributed by atoms with Gasteiger partial charge in [0.15, 0.2) is 5.88 Å². The number of hydrogen-bond acceptors (Lipinski definition) is 5. The van der Waals surface area contributed by atoms with E-state index in [1.165, 1.54) is 10.8 Å². The molecular weight excluding hydrogens is 314 g/mol. The molecule has 5 heteroatoms. The summed E-state index contributed by atoms with van der Waals surface area (Å²) in [5.74, 6) is 0.398. The summed E-state index contributed by atoms with van der Waals surface area (Å²) in [6, 6.07) is 14.4. The van der Waals surface area contributed by atoms with Gasteiger partial charge in [-0.2, -0.15) is 0 Å². The SMILES string of the molecule is CC(/C=C(\N)OCCN1CCOCC1)=Nc1ccc2ccccc2c1. The van der Waals surface area contributed by atoms with Crippen molar-refractivity contribution >= 4 is 22.2 Å². The van der Waals surface area contributed by atoms with Crippen molar-refractivity contribution in [1.82, 2.24) is 4.90 Å². The van der Waals surface area contributed by atoms with Gasteiger partial charge in [-0.15, -0.1) is 0 Å². The van der Waals surface area contributed by atoms with Crippen LogP contribution in [0, 0.1) is 0 Å².